The summed E-state index contributed by atoms with van der Waals surface area (Å²) in [5.41, 5.74) is 2.06. The minimum atomic E-state index is -0.710. The molecular formula is C29H35ClN2O7. The van der Waals surface area contributed by atoms with Crippen LogP contribution in [0.4, 0.5) is 4.79 Å². The van der Waals surface area contributed by atoms with Crippen LogP contribution in [0, 0.1) is 11.8 Å². The van der Waals surface area contributed by atoms with Gasteiger partial charge in [0, 0.05) is 24.7 Å². The highest BCUT2D eigenvalue weighted by Crippen LogP contribution is 2.33. The molecule has 1 heterocycles. The maximum Gasteiger partial charge on any atom is 0.417 e. The molecule has 1 N–H and O–H groups in total. The summed E-state index contributed by atoms with van der Waals surface area (Å²) >= 11 is 6.41. The highest BCUT2D eigenvalue weighted by molar-refractivity contribution is 6.31. The summed E-state index contributed by atoms with van der Waals surface area (Å²) in [5, 5.41) is 10.5. The molecule has 2 amide bonds. The molecule has 0 aromatic heterocycles. The van der Waals surface area contributed by atoms with E-state index in [1.165, 1.54) is 0 Å². The number of aliphatic carboxylic acids is 1. The van der Waals surface area contributed by atoms with Crippen LogP contribution in [0.15, 0.2) is 42.5 Å². The van der Waals surface area contributed by atoms with E-state index in [1.807, 2.05) is 42.5 Å². The highest BCUT2D eigenvalue weighted by Gasteiger charge is 2.32. The average Bonchev–Trinajstić information content (AvgIpc) is 3.25. The van der Waals surface area contributed by atoms with Gasteiger partial charge in [0.25, 0.3) is 5.91 Å². The summed E-state index contributed by atoms with van der Waals surface area (Å²) in [5.74, 6) is -0.292. The van der Waals surface area contributed by atoms with Crippen molar-refractivity contribution in [2.24, 2.45) is 11.8 Å². The first-order chi connectivity index (χ1) is 18.9. The lowest BCUT2D eigenvalue weighted by Gasteiger charge is -2.34. The van der Waals surface area contributed by atoms with E-state index >= 15 is 0 Å². The van der Waals surface area contributed by atoms with E-state index in [4.69, 9.17) is 25.8 Å². The van der Waals surface area contributed by atoms with E-state index in [-0.39, 0.29) is 37.5 Å². The molecule has 0 bridgehead atoms. The van der Waals surface area contributed by atoms with Crippen molar-refractivity contribution in [2.75, 3.05) is 40.0 Å². The second kappa shape index (κ2) is 13.7. The fraction of sp³-hybridized carbons (Fsp3) is 0.483. The molecule has 2 fully saturated rings. The molecule has 1 saturated heterocycles. The summed E-state index contributed by atoms with van der Waals surface area (Å²) in [7, 11) is 1.56. The standard InChI is InChI=1S/C29H35ClN2O7/c1-37-26-16-20(10-11-25(26)38-15-14-32-27(33)19-39-29(32)36)17-31(13-12-21-6-3-5-9-24(21)30)18-22-7-2-4-8-23(22)28(34)35/h3,5-6,9-11,16,22-23H,2,4,7-8,12-15,17-19H2,1H3,(H,34,35). The Hall–Kier alpha value is -3.30. The van der Waals surface area contributed by atoms with Crippen LogP contribution in [0.3, 0.4) is 0 Å². The van der Waals surface area contributed by atoms with Gasteiger partial charge < -0.3 is 19.3 Å². The van der Waals surface area contributed by atoms with Gasteiger partial charge in [-0.1, -0.05) is 48.7 Å². The van der Waals surface area contributed by atoms with Crippen molar-refractivity contribution in [3.05, 3.63) is 58.6 Å². The Labute approximate surface area is 233 Å². The summed E-state index contributed by atoms with van der Waals surface area (Å²) in [6, 6.07) is 13.5. The fourth-order valence-corrected chi connectivity index (χ4v) is 5.56. The first kappa shape index (κ1) is 28.7. The third-order valence-corrected chi connectivity index (χ3v) is 7.79. The summed E-state index contributed by atoms with van der Waals surface area (Å²) in [6.07, 6.45) is 3.72. The molecule has 2 atom stereocenters. The lowest BCUT2D eigenvalue weighted by molar-refractivity contribution is -0.145. The normalized spacial score (nSPS) is 19.3. The van der Waals surface area contributed by atoms with Crippen LogP contribution in [0.2, 0.25) is 5.02 Å². The van der Waals surface area contributed by atoms with Gasteiger partial charge in [-0.15, -0.1) is 0 Å². The van der Waals surface area contributed by atoms with Crippen LogP contribution in [0.5, 0.6) is 11.5 Å². The van der Waals surface area contributed by atoms with Crippen LogP contribution in [-0.4, -0.2) is 72.8 Å². The minimum Gasteiger partial charge on any atom is -0.493 e. The predicted molar refractivity (Wildman–Crippen MR) is 145 cm³/mol. The van der Waals surface area contributed by atoms with Gasteiger partial charge in [-0.25, -0.2) is 9.69 Å². The maximum atomic E-state index is 11.9. The second-order valence-corrected chi connectivity index (χ2v) is 10.4. The molecule has 4 rings (SSSR count). The van der Waals surface area contributed by atoms with Gasteiger partial charge in [0.2, 0.25) is 0 Å². The number of hydrogen-bond donors (Lipinski definition) is 1. The number of carbonyl (C=O) groups is 3. The van der Waals surface area contributed by atoms with Crippen molar-refractivity contribution in [2.45, 2.75) is 38.6 Å². The molecule has 39 heavy (non-hydrogen) atoms. The molecule has 1 aliphatic carbocycles. The van der Waals surface area contributed by atoms with Crippen LogP contribution in [-0.2, 0) is 27.3 Å². The van der Waals surface area contributed by atoms with Crippen LogP contribution < -0.4 is 9.47 Å². The lowest BCUT2D eigenvalue weighted by atomic mass is 9.79. The first-order valence-electron chi connectivity index (χ1n) is 13.3. The number of imide groups is 1. The van der Waals surface area contributed by atoms with Crippen molar-refractivity contribution >= 4 is 29.6 Å². The van der Waals surface area contributed by atoms with Gasteiger partial charge in [0.05, 0.1) is 19.6 Å². The van der Waals surface area contributed by atoms with Gasteiger partial charge in [-0.05, 0) is 54.5 Å². The number of benzene rings is 2. The molecule has 9 nitrogen and oxygen atoms in total. The van der Waals surface area contributed by atoms with Crippen LogP contribution in [0.1, 0.15) is 36.8 Å². The largest absolute Gasteiger partial charge is 0.493 e. The smallest absolute Gasteiger partial charge is 0.417 e. The zero-order valence-electron chi connectivity index (χ0n) is 22.1. The number of rotatable bonds is 13. The molecule has 2 aromatic carbocycles. The van der Waals surface area contributed by atoms with E-state index in [0.717, 1.165) is 59.7 Å². The Morgan fingerprint density at radius 3 is 2.67 bits per heavy atom. The molecule has 0 spiro atoms. The number of carbonyl (C=O) groups excluding carboxylic acids is 2. The van der Waals surface area contributed by atoms with Gasteiger partial charge >= 0.3 is 12.1 Å². The SMILES string of the molecule is COc1cc(CN(CCc2ccccc2Cl)CC2CCCCC2C(=O)O)ccc1OCCN1C(=O)COC1=O. The molecule has 210 valence electrons. The van der Waals surface area contributed by atoms with Crippen LogP contribution >= 0.6 is 11.6 Å². The maximum absolute atomic E-state index is 11.9. The Bertz CT molecular complexity index is 1160. The molecule has 2 aromatic rings. The molecular weight excluding hydrogens is 524 g/mol. The summed E-state index contributed by atoms with van der Waals surface area (Å²) in [6.45, 7) is 1.98. The summed E-state index contributed by atoms with van der Waals surface area (Å²) in [4.78, 5) is 38.6. The predicted octanol–water partition coefficient (Wildman–Crippen LogP) is 4.64. The Morgan fingerprint density at radius 2 is 1.95 bits per heavy atom. The number of cyclic esters (lactones) is 1. The quantitative estimate of drug-likeness (QED) is 0.379. The zero-order chi connectivity index (χ0) is 27.8. The van der Waals surface area contributed by atoms with Crippen molar-refractivity contribution in [3.63, 3.8) is 0 Å². The molecule has 1 saturated carbocycles. The molecule has 10 heteroatoms. The van der Waals surface area contributed by atoms with Crippen molar-refractivity contribution in [1.29, 1.82) is 0 Å². The Morgan fingerprint density at radius 1 is 1.15 bits per heavy atom. The van der Waals surface area contributed by atoms with E-state index in [9.17, 15) is 19.5 Å². The Balaban J connectivity index is 1.44. The number of nitrogens with zero attached hydrogens (tertiary/aromatic N) is 2. The number of halogens is 1. The average molecular weight is 559 g/mol. The highest BCUT2D eigenvalue weighted by atomic mass is 35.5. The van der Waals surface area contributed by atoms with E-state index < -0.39 is 12.1 Å². The van der Waals surface area contributed by atoms with Gasteiger partial charge in [0.15, 0.2) is 18.1 Å². The number of methoxy groups -OCH3 is 1. The van der Waals surface area contributed by atoms with E-state index in [2.05, 4.69) is 4.90 Å². The third kappa shape index (κ3) is 7.64. The van der Waals surface area contributed by atoms with Crippen LogP contribution in [0.25, 0.3) is 0 Å². The zero-order valence-corrected chi connectivity index (χ0v) is 22.9. The Kier molecular flexibility index (Phi) is 10.1. The summed E-state index contributed by atoms with van der Waals surface area (Å²) < 4.78 is 16.1. The molecule has 1 aliphatic heterocycles. The third-order valence-electron chi connectivity index (χ3n) is 7.42. The van der Waals surface area contributed by atoms with Gasteiger partial charge in [-0.3, -0.25) is 14.5 Å². The molecule has 2 aliphatic rings. The second-order valence-electron chi connectivity index (χ2n) is 10.00. The first-order valence-corrected chi connectivity index (χ1v) is 13.7. The topological polar surface area (TPSA) is 106 Å². The minimum absolute atomic E-state index is 0.0878. The number of amides is 2. The fourth-order valence-electron chi connectivity index (χ4n) is 5.33. The number of hydrogen-bond acceptors (Lipinski definition) is 7. The van der Waals surface area contributed by atoms with Gasteiger partial charge in [-0.2, -0.15) is 0 Å². The van der Waals surface area contributed by atoms with E-state index in [0.29, 0.717) is 24.6 Å². The van der Waals surface area contributed by atoms with Crippen molar-refractivity contribution in [1.82, 2.24) is 9.80 Å². The van der Waals surface area contributed by atoms with Crippen molar-refractivity contribution < 1.29 is 33.7 Å². The number of carboxylic acid groups (broad SMARTS) is 1. The molecule has 0 radical (unpaired) electrons. The monoisotopic (exact) mass is 558 g/mol. The van der Waals surface area contributed by atoms with Crippen molar-refractivity contribution in [3.8, 4) is 11.5 Å². The molecule has 2 unspecified atom stereocenters. The van der Waals surface area contributed by atoms with E-state index in [1.54, 1.807) is 7.11 Å². The number of ether oxygens (including phenoxy) is 3. The lowest BCUT2D eigenvalue weighted by Crippen LogP contribution is -2.38. The number of carboxylic acids is 1. The van der Waals surface area contributed by atoms with Gasteiger partial charge in [0.1, 0.15) is 6.61 Å².